The summed E-state index contributed by atoms with van der Waals surface area (Å²) in [6.45, 7) is 0.949. The van der Waals surface area contributed by atoms with Crippen molar-refractivity contribution in [2.45, 2.75) is 18.0 Å². The minimum atomic E-state index is -3.68. The zero-order chi connectivity index (χ0) is 14.9. The number of rotatable bonds is 6. The summed E-state index contributed by atoms with van der Waals surface area (Å²) >= 11 is 1.33. The van der Waals surface area contributed by atoms with Crippen LogP contribution in [0.4, 0.5) is 5.82 Å². The molecule has 0 unspecified atom stereocenters. The lowest BCUT2D eigenvalue weighted by Gasteiger charge is -2.06. The van der Waals surface area contributed by atoms with Crippen LogP contribution in [0.2, 0.25) is 0 Å². The van der Waals surface area contributed by atoms with Crippen molar-refractivity contribution < 1.29 is 8.42 Å². The largest absolute Gasteiger partial charge is 0.381 e. The summed E-state index contributed by atoms with van der Waals surface area (Å²) in [5.41, 5.74) is 5.71. The zero-order valence-electron chi connectivity index (χ0n) is 11.0. The summed E-state index contributed by atoms with van der Waals surface area (Å²) in [7, 11) is -3.68. The lowest BCUT2D eigenvalue weighted by molar-refractivity contribution is 0.550. The van der Waals surface area contributed by atoms with Crippen LogP contribution < -0.4 is 10.5 Å². The maximum Gasteiger partial charge on any atom is 0.260 e. The van der Waals surface area contributed by atoms with Crippen LogP contribution in [0.25, 0.3) is 4.96 Å². The van der Waals surface area contributed by atoms with Crippen molar-refractivity contribution in [3.63, 3.8) is 0 Å². The Balaban J connectivity index is 1.69. The van der Waals surface area contributed by atoms with Crippen LogP contribution in [0, 0.1) is 0 Å². The quantitative estimate of drug-likeness (QED) is 0.643. The number of sulfonamides is 1. The number of hydrogen-bond acceptors (Lipinski definition) is 6. The predicted molar refractivity (Wildman–Crippen MR) is 79.5 cm³/mol. The van der Waals surface area contributed by atoms with Gasteiger partial charge in [0.1, 0.15) is 0 Å². The maximum absolute atomic E-state index is 12.3. The van der Waals surface area contributed by atoms with Crippen LogP contribution in [0.5, 0.6) is 0 Å². The smallest absolute Gasteiger partial charge is 0.260 e. The first-order valence-corrected chi connectivity index (χ1v) is 8.62. The number of nitrogens with zero attached hydrogens (tertiary/aromatic N) is 4. The van der Waals surface area contributed by atoms with Gasteiger partial charge in [-0.05, 0) is 12.5 Å². The van der Waals surface area contributed by atoms with E-state index >= 15 is 0 Å². The number of nitrogens with two attached hydrogens (primary N) is 1. The highest BCUT2D eigenvalue weighted by molar-refractivity contribution is 7.89. The second kappa shape index (κ2) is 5.47. The van der Waals surface area contributed by atoms with E-state index in [-0.39, 0.29) is 10.8 Å². The van der Waals surface area contributed by atoms with Gasteiger partial charge < -0.3 is 5.73 Å². The molecule has 0 saturated carbocycles. The highest BCUT2D eigenvalue weighted by Crippen LogP contribution is 2.22. The molecule has 0 aliphatic rings. The molecule has 3 N–H and O–H groups in total. The van der Waals surface area contributed by atoms with Gasteiger partial charge in [-0.3, -0.25) is 9.08 Å². The molecule has 0 aliphatic heterocycles. The minimum Gasteiger partial charge on any atom is -0.381 e. The molecule has 3 heterocycles. The lowest BCUT2D eigenvalue weighted by Crippen LogP contribution is -2.27. The third-order valence-corrected chi connectivity index (χ3v) is 5.17. The van der Waals surface area contributed by atoms with E-state index in [4.69, 9.17) is 5.73 Å². The third kappa shape index (κ3) is 2.77. The van der Waals surface area contributed by atoms with Crippen LogP contribution in [-0.2, 0) is 16.6 Å². The number of fused-ring (bicyclic) bond motifs is 1. The van der Waals surface area contributed by atoms with E-state index < -0.39 is 10.0 Å². The highest BCUT2D eigenvalue weighted by atomic mass is 32.2. The summed E-state index contributed by atoms with van der Waals surface area (Å²) in [5.74, 6) is 0.0152. The fourth-order valence-electron chi connectivity index (χ4n) is 2.00. The van der Waals surface area contributed by atoms with E-state index in [1.807, 2.05) is 12.3 Å². The van der Waals surface area contributed by atoms with Crippen molar-refractivity contribution in [3.8, 4) is 0 Å². The summed E-state index contributed by atoms with van der Waals surface area (Å²) in [4.78, 5) is 4.59. The number of nitrogen functional groups attached to an aromatic ring is 1. The Bertz CT molecular complexity index is 833. The molecule has 3 aromatic rings. The Morgan fingerprint density at radius 3 is 3.00 bits per heavy atom. The summed E-state index contributed by atoms with van der Waals surface area (Å²) in [6, 6.07) is 1.82. The number of aromatic nitrogens is 4. The normalized spacial score (nSPS) is 12.2. The van der Waals surface area contributed by atoms with Crippen molar-refractivity contribution in [1.82, 2.24) is 23.9 Å². The maximum atomic E-state index is 12.3. The molecule has 0 bridgehead atoms. The molecule has 0 fully saturated rings. The topological polar surface area (TPSA) is 107 Å². The number of anilines is 1. The van der Waals surface area contributed by atoms with Crippen LogP contribution in [0.15, 0.2) is 35.1 Å². The van der Waals surface area contributed by atoms with Crippen molar-refractivity contribution in [2.75, 3.05) is 12.3 Å². The molecule has 8 nitrogen and oxygen atoms in total. The van der Waals surface area contributed by atoms with Gasteiger partial charge in [0.05, 0.1) is 0 Å². The molecule has 112 valence electrons. The molecule has 0 atom stereocenters. The van der Waals surface area contributed by atoms with Crippen molar-refractivity contribution in [2.24, 2.45) is 0 Å². The van der Waals surface area contributed by atoms with E-state index in [1.165, 1.54) is 15.7 Å². The van der Waals surface area contributed by atoms with Gasteiger partial charge >= 0.3 is 0 Å². The summed E-state index contributed by atoms with van der Waals surface area (Å²) in [6.07, 6.45) is 5.79. The monoisotopic (exact) mass is 326 g/mol. The van der Waals surface area contributed by atoms with Gasteiger partial charge in [-0.2, -0.15) is 5.10 Å². The second-order valence-corrected chi connectivity index (χ2v) is 6.93. The zero-order valence-corrected chi connectivity index (χ0v) is 12.6. The van der Waals surface area contributed by atoms with Gasteiger partial charge in [0.2, 0.25) is 0 Å². The Kier molecular flexibility index (Phi) is 3.66. The molecule has 0 amide bonds. The number of thiazole rings is 1. The number of imidazole rings is 1. The van der Waals surface area contributed by atoms with Crippen LogP contribution >= 0.6 is 11.3 Å². The molecule has 0 saturated heterocycles. The molecule has 3 rings (SSSR count). The van der Waals surface area contributed by atoms with Crippen molar-refractivity contribution in [1.29, 1.82) is 0 Å². The minimum absolute atomic E-state index is 0.00200. The Labute approximate surface area is 125 Å². The molecule has 21 heavy (non-hydrogen) atoms. The molecule has 3 aromatic heterocycles. The van der Waals surface area contributed by atoms with Crippen molar-refractivity contribution >= 4 is 32.1 Å². The Morgan fingerprint density at radius 2 is 2.24 bits per heavy atom. The highest BCUT2D eigenvalue weighted by Gasteiger charge is 2.23. The Hall–Kier alpha value is -1.91. The molecular weight excluding hydrogens is 312 g/mol. The summed E-state index contributed by atoms with van der Waals surface area (Å²) in [5, 5.41) is 5.82. The molecule has 10 heteroatoms. The molecule has 0 spiro atoms. The number of nitrogens with one attached hydrogen (secondary N) is 1. The lowest BCUT2D eigenvalue weighted by atomic mass is 10.4. The SMILES string of the molecule is Nc1nc2sccn2c1S(=O)(=O)NCCCn1cccn1. The van der Waals surface area contributed by atoms with Crippen LogP contribution in [-0.4, -0.2) is 34.1 Å². The summed E-state index contributed by atoms with van der Waals surface area (Å²) < 4.78 is 30.4. The van der Waals surface area contributed by atoms with E-state index in [9.17, 15) is 8.42 Å². The number of hydrogen-bond donors (Lipinski definition) is 2. The first-order chi connectivity index (χ1) is 10.1. The first kappa shape index (κ1) is 14.0. The second-order valence-electron chi connectivity index (χ2n) is 4.38. The fraction of sp³-hybridized carbons (Fsp3) is 0.273. The van der Waals surface area contributed by atoms with E-state index in [0.717, 1.165) is 0 Å². The van der Waals surface area contributed by atoms with Gasteiger partial charge in [0.15, 0.2) is 15.8 Å². The Morgan fingerprint density at radius 1 is 1.38 bits per heavy atom. The van der Waals surface area contributed by atoms with Gasteiger partial charge in [-0.1, -0.05) is 0 Å². The molecule has 0 radical (unpaired) electrons. The van der Waals surface area contributed by atoms with Gasteiger partial charge in [-0.25, -0.2) is 18.1 Å². The van der Waals surface area contributed by atoms with Crippen molar-refractivity contribution in [3.05, 3.63) is 30.0 Å². The predicted octanol–water partition coefficient (Wildman–Crippen LogP) is 0.543. The van der Waals surface area contributed by atoms with E-state index in [0.29, 0.717) is 24.5 Å². The third-order valence-electron chi connectivity index (χ3n) is 2.91. The molecular formula is C11H14N6O2S2. The average molecular weight is 326 g/mol. The van der Waals surface area contributed by atoms with Crippen LogP contribution in [0.1, 0.15) is 6.42 Å². The molecule has 0 aromatic carbocycles. The molecule has 0 aliphatic carbocycles. The first-order valence-electron chi connectivity index (χ1n) is 6.26. The van der Waals surface area contributed by atoms with Crippen LogP contribution in [0.3, 0.4) is 0 Å². The fourth-order valence-corrected chi connectivity index (χ4v) is 4.05. The van der Waals surface area contributed by atoms with Gasteiger partial charge in [0.25, 0.3) is 10.0 Å². The van der Waals surface area contributed by atoms with E-state index in [2.05, 4.69) is 14.8 Å². The van der Waals surface area contributed by atoms with Gasteiger partial charge in [-0.15, -0.1) is 11.3 Å². The van der Waals surface area contributed by atoms with Gasteiger partial charge in [0, 0.05) is 37.1 Å². The average Bonchev–Trinajstić information content (AvgIpc) is 3.10. The number of aryl methyl sites for hydroxylation is 1. The standard InChI is InChI=1S/C11H14N6O2S2/c12-9-10(17-7-8-20-11(17)15-9)21(18,19)14-4-2-6-16-5-1-3-13-16/h1,3,5,7-8,14H,2,4,6,12H2. The van der Waals surface area contributed by atoms with E-state index in [1.54, 1.807) is 22.5 Å².